The Labute approximate surface area is 157 Å². The van der Waals surface area contributed by atoms with Crippen molar-refractivity contribution in [1.29, 1.82) is 0 Å². The number of nitrogens with one attached hydrogen (secondary N) is 1. The first-order valence-electron chi connectivity index (χ1n) is 9.43. The largest absolute Gasteiger partial charge is 0.282 e. The Hall–Kier alpha value is -2.63. The lowest BCUT2D eigenvalue weighted by atomic mass is 9.65. The highest BCUT2D eigenvalue weighted by Crippen LogP contribution is 2.48. The van der Waals surface area contributed by atoms with Gasteiger partial charge in [-0.2, -0.15) is 10.2 Å². The minimum Gasteiger partial charge on any atom is -0.282 e. The Morgan fingerprint density at radius 3 is 2.56 bits per heavy atom. The second kappa shape index (κ2) is 6.83. The second-order valence-corrected chi connectivity index (χ2v) is 7.18. The second-order valence-electron chi connectivity index (χ2n) is 7.18. The summed E-state index contributed by atoms with van der Waals surface area (Å²) in [5, 5.41) is 16.0. The summed E-state index contributed by atoms with van der Waals surface area (Å²) >= 11 is 0. The number of aromatic amines is 1. The molecule has 1 aromatic carbocycles. The molecule has 1 aliphatic carbocycles. The Morgan fingerprint density at radius 2 is 1.93 bits per heavy atom. The fourth-order valence-corrected chi connectivity index (χ4v) is 4.39. The van der Waals surface area contributed by atoms with Crippen LogP contribution in [0.2, 0.25) is 0 Å². The highest BCUT2D eigenvalue weighted by molar-refractivity contribution is 5.62. The molecule has 1 aliphatic rings. The van der Waals surface area contributed by atoms with Gasteiger partial charge >= 0.3 is 0 Å². The molecule has 0 fully saturated rings. The molecule has 27 heavy (non-hydrogen) atoms. The van der Waals surface area contributed by atoms with E-state index in [2.05, 4.69) is 34.2 Å². The molecule has 4 nitrogen and oxygen atoms in total. The van der Waals surface area contributed by atoms with E-state index in [1.165, 1.54) is 18.2 Å². The maximum Gasteiger partial charge on any atom is 0.135 e. The molecular formula is C21H22F2N4. The van der Waals surface area contributed by atoms with Gasteiger partial charge in [0.1, 0.15) is 11.6 Å². The fourth-order valence-electron chi connectivity index (χ4n) is 4.39. The number of aromatic nitrogens is 4. The molecule has 0 spiro atoms. The van der Waals surface area contributed by atoms with Gasteiger partial charge in [0, 0.05) is 11.9 Å². The van der Waals surface area contributed by atoms with Gasteiger partial charge in [-0.05, 0) is 61.4 Å². The molecule has 6 heteroatoms. The zero-order valence-corrected chi connectivity index (χ0v) is 15.5. The van der Waals surface area contributed by atoms with Crippen LogP contribution in [0, 0.1) is 11.6 Å². The lowest BCUT2D eigenvalue weighted by Crippen LogP contribution is -2.35. The van der Waals surface area contributed by atoms with Crippen LogP contribution in [-0.2, 0) is 5.41 Å². The summed E-state index contributed by atoms with van der Waals surface area (Å²) in [4.78, 5) is 0. The van der Waals surface area contributed by atoms with Crippen molar-refractivity contribution in [3.05, 3.63) is 65.1 Å². The van der Waals surface area contributed by atoms with Crippen LogP contribution >= 0.6 is 0 Å². The van der Waals surface area contributed by atoms with Crippen LogP contribution in [0.25, 0.3) is 11.3 Å². The molecule has 3 aromatic rings. The summed E-state index contributed by atoms with van der Waals surface area (Å²) in [6.07, 6.45) is 5.47. The predicted molar refractivity (Wildman–Crippen MR) is 99.3 cm³/mol. The Bertz CT molecular complexity index is 935. The van der Waals surface area contributed by atoms with E-state index in [1.807, 2.05) is 12.1 Å². The molecule has 0 saturated carbocycles. The third-order valence-electron chi connectivity index (χ3n) is 5.97. The smallest absolute Gasteiger partial charge is 0.135 e. The number of fused-ring (bicyclic) bond motifs is 1. The van der Waals surface area contributed by atoms with E-state index in [-0.39, 0.29) is 16.7 Å². The zero-order chi connectivity index (χ0) is 19.0. The number of benzene rings is 1. The maximum absolute atomic E-state index is 14.3. The first-order chi connectivity index (χ1) is 13.1. The van der Waals surface area contributed by atoms with Gasteiger partial charge in [-0.3, -0.25) is 5.10 Å². The first kappa shape index (κ1) is 17.8. The van der Waals surface area contributed by atoms with E-state index in [4.69, 9.17) is 0 Å². The quantitative estimate of drug-likeness (QED) is 0.695. The summed E-state index contributed by atoms with van der Waals surface area (Å²) in [6, 6.07) is 7.66. The Kier molecular flexibility index (Phi) is 4.50. The molecule has 2 atom stereocenters. The standard InChI is InChI=1S/C21H22F2N4/c1-3-13-8-10-21(4-2,18-9-11-24-26-18)20-14(13)12-17(25-27-20)19-15(22)6-5-7-16(19)23/h5-7,9,11-13H,3-4,8,10H2,1-2H3,(H,24,26)/t13-,21+/m0/s1. The SMILES string of the molecule is CC[C@H]1CC[C@](CC)(c2ccn[nH]2)c2nnc(-c3c(F)cccc3F)cc21. The van der Waals surface area contributed by atoms with Crippen LogP contribution < -0.4 is 0 Å². The Morgan fingerprint density at radius 1 is 1.15 bits per heavy atom. The van der Waals surface area contributed by atoms with Crippen LogP contribution in [0.4, 0.5) is 8.78 Å². The van der Waals surface area contributed by atoms with Crippen molar-refractivity contribution < 1.29 is 8.78 Å². The van der Waals surface area contributed by atoms with Gasteiger partial charge in [-0.15, -0.1) is 5.10 Å². The van der Waals surface area contributed by atoms with E-state index in [1.54, 1.807) is 6.20 Å². The summed E-state index contributed by atoms with van der Waals surface area (Å²) in [6.45, 7) is 4.26. The van der Waals surface area contributed by atoms with Crippen molar-refractivity contribution in [3.63, 3.8) is 0 Å². The lowest BCUT2D eigenvalue weighted by Gasteiger charge is -2.39. The van der Waals surface area contributed by atoms with Gasteiger partial charge in [0.25, 0.3) is 0 Å². The van der Waals surface area contributed by atoms with E-state index in [0.29, 0.717) is 5.92 Å². The molecule has 0 saturated heterocycles. The summed E-state index contributed by atoms with van der Waals surface area (Å²) in [7, 11) is 0. The van der Waals surface area contributed by atoms with Gasteiger partial charge in [-0.1, -0.05) is 19.9 Å². The van der Waals surface area contributed by atoms with Gasteiger partial charge in [0.05, 0.1) is 22.4 Å². The molecular weight excluding hydrogens is 346 g/mol. The van der Waals surface area contributed by atoms with Gasteiger partial charge in [-0.25, -0.2) is 8.78 Å². The van der Waals surface area contributed by atoms with Crippen LogP contribution in [0.5, 0.6) is 0 Å². The van der Waals surface area contributed by atoms with Crippen molar-refractivity contribution in [3.8, 4) is 11.3 Å². The number of H-pyrrole nitrogens is 1. The molecule has 0 aliphatic heterocycles. The number of halogens is 2. The topological polar surface area (TPSA) is 54.5 Å². The monoisotopic (exact) mass is 368 g/mol. The molecule has 0 amide bonds. The van der Waals surface area contributed by atoms with Crippen LogP contribution in [0.15, 0.2) is 36.5 Å². The van der Waals surface area contributed by atoms with E-state index in [0.717, 1.165) is 42.6 Å². The molecule has 4 rings (SSSR count). The molecule has 0 radical (unpaired) electrons. The van der Waals surface area contributed by atoms with Crippen molar-refractivity contribution in [2.75, 3.05) is 0 Å². The third kappa shape index (κ3) is 2.74. The fraction of sp³-hybridized carbons (Fsp3) is 0.381. The maximum atomic E-state index is 14.3. The summed E-state index contributed by atoms with van der Waals surface area (Å²) < 4.78 is 28.5. The molecule has 0 unspecified atom stereocenters. The van der Waals surface area contributed by atoms with E-state index < -0.39 is 11.6 Å². The lowest BCUT2D eigenvalue weighted by molar-refractivity contribution is 0.353. The van der Waals surface area contributed by atoms with Gasteiger partial charge in [0.2, 0.25) is 0 Å². The molecule has 2 heterocycles. The molecule has 140 valence electrons. The molecule has 1 N–H and O–H groups in total. The summed E-state index contributed by atoms with van der Waals surface area (Å²) in [5.74, 6) is -0.946. The summed E-state index contributed by atoms with van der Waals surface area (Å²) in [5.41, 5.74) is 2.79. The first-order valence-corrected chi connectivity index (χ1v) is 9.43. The van der Waals surface area contributed by atoms with Crippen molar-refractivity contribution in [2.24, 2.45) is 0 Å². The number of nitrogens with zero attached hydrogens (tertiary/aromatic N) is 3. The number of rotatable bonds is 4. The van der Waals surface area contributed by atoms with Crippen LogP contribution in [0.3, 0.4) is 0 Å². The minimum absolute atomic E-state index is 0.114. The Balaban J connectivity index is 1.92. The predicted octanol–water partition coefficient (Wildman–Crippen LogP) is 5.13. The van der Waals surface area contributed by atoms with E-state index in [9.17, 15) is 8.78 Å². The van der Waals surface area contributed by atoms with Gasteiger partial charge in [0.15, 0.2) is 0 Å². The number of hydrogen-bond acceptors (Lipinski definition) is 3. The average Bonchev–Trinajstić information content (AvgIpc) is 3.22. The van der Waals surface area contributed by atoms with Crippen molar-refractivity contribution in [2.45, 2.75) is 50.9 Å². The highest BCUT2D eigenvalue weighted by Gasteiger charge is 2.42. The molecule has 0 bridgehead atoms. The average molecular weight is 368 g/mol. The minimum atomic E-state index is -0.622. The van der Waals surface area contributed by atoms with Crippen LogP contribution in [-0.4, -0.2) is 20.4 Å². The molecule has 2 aromatic heterocycles. The van der Waals surface area contributed by atoms with Crippen molar-refractivity contribution in [1.82, 2.24) is 20.4 Å². The van der Waals surface area contributed by atoms with Gasteiger partial charge < -0.3 is 0 Å². The number of hydrogen-bond donors (Lipinski definition) is 1. The highest BCUT2D eigenvalue weighted by atomic mass is 19.1. The van der Waals surface area contributed by atoms with Crippen LogP contribution in [0.1, 0.15) is 62.4 Å². The zero-order valence-electron chi connectivity index (χ0n) is 15.5. The normalized spacial score (nSPS) is 21.9. The third-order valence-corrected chi connectivity index (χ3v) is 5.97. The van der Waals surface area contributed by atoms with E-state index >= 15 is 0 Å². The van der Waals surface area contributed by atoms with Crippen molar-refractivity contribution >= 4 is 0 Å².